The lowest BCUT2D eigenvalue weighted by Gasteiger charge is -2.32. The van der Waals surface area contributed by atoms with Crippen molar-refractivity contribution in [1.82, 2.24) is 10.2 Å². The SMILES string of the molecule is COC(=O)[C@H](NC(=O)[C@@H]([C@H](C)O)N(C)C(=O)OC(C)(C)C)[C@H](C)C(=O)OCC(Cl)(Cl)Cl. The molecule has 0 aliphatic carbocycles. The van der Waals surface area contributed by atoms with Gasteiger partial charge in [0.15, 0.2) is 0 Å². The Balaban J connectivity index is 5.57. The molecule has 0 aromatic heterocycles. The maximum atomic E-state index is 12.8. The van der Waals surface area contributed by atoms with E-state index >= 15 is 0 Å². The number of carbonyl (C=O) groups excluding carboxylic acids is 4. The number of nitrogens with one attached hydrogen (secondary N) is 1. The molecule has 0 rings (SSSR count). The third-order valence-electron chi connectivity index (χ3n) is 3.83. The first-order chi connectivity index (χ1) is 13.9. The van der Waals surface area contributed by atoms with Crippen LogP contribution in [0.15, 0.2) is 0 Å². The summed E-state index contributed by atoms with van der Waals surface area (Å²) in [7, 11) is 2.30. The van der Waals surface area contributed by atoms with Crippen molar-refractivity contribution in [3.8, 4) is 0 Å². The van der Waals surface area contributed by atoms with Crippen molar-refractivity contribution in [3.63, 3.8) is 0 Å². The normalized spacial score (nSPS) is 15.7. The molecule has 0 heterocycles. The zero-order valence-electron chi connectivity index (χ0n) is 18.4. The number of aliphatic hydroxyl groups is 1. The van der Waals surface area contributed by atoms with E-state index in [4.69, 9.17) is 44.3 Å². The summed E-state index contributed by atoms with van der Waals surface area (Å²) >= 11 is 16.6. The van der Waals surface area contributed by atoms with Gasteiger partial charge in [0, 0.05) is 7.05 Å². The van der Waals surface area contributed by atoms with Crippen LogP contribution in [0.3, 0.4) is 0 Å². The summed E-state index contributed by atoms with van der Waals surface area (Å²) in [5, 5.41) is 12.4. The first-order valence-electron chi connectivity index (χ1n) is 9.16. The average molecular weight is 508 g/mol. The number of esters is 2. The number of nitrogens with zero attached hydrogens (tertiary/aromatic N) is 1. The second kappa shape index (κ2) is 11.9. The van der Waals surface area contributed by atoms with E-state index < -0.39 is 64.0 Å². The van der Waals surface area contributed by atoms with Crippen LogP contribution in [0.5, 0.6) is 0 Å². The summed E-state index contributed by atoms with van der Waals surface area (Å²) < 4.78 is 12.8. The molecule has 0 saturated heterocycles. The van der Waals surface area contributed by atoms with Crippen LogP contribution >= 0.6 is 34.8 Å². The van der Waals surface area contributed by atoms with E-state index in [9.17, 15) is 24.3 Å². The van der Waals surface area contributed by atoms with E-state index in [-0.39, 0.29) is 0 Å². The van der Waals surface area contributed by atoms with E-state index in [0.717, 1.165) is 12.0 Å². The number of likely N-dealkylation sites (N-methyl/N-ethyl adjacent to an activating group) is 1. The van der Waals surface area contributed by atoms with Gasteiger partial charge < -0.3 is 24.6 Å². The minimum absolute atomic E-state index is 0.583. The van der Waals surface area contributed by atoms with Gasteiger partial charge in [0.05, 0.1) is 19.1 Å². The van der Waals surface area contributed by atoms with E-state index in [1.807, 2.05) is 0 Å². The zero-order valence-corrected chi connectivity index (χ0v) is 20.7. The van der Waals surface area contributed by atoms with Crippen LogP contribution in [0.25, 0.3) is 0 Å². The molecule has 4 atom stereocenters. The molecule has 10 nitrogen and oxygen atoms in total. The van der Waals surface area contributed by atoms with Crippen LogP contribution in [0.2, 0.25) is 0 Å². The molecule has 31 heavy (non-hydrogen) atoms. The fraction of sp³-hybridized carbons (Fsp3) is 0.778. The quantitative estimate of drug-likeness (QED) is 0.289. The molecule has 0 aliphatic rings. The molecular weight excluding hydrogens is 479 g/mol. The van der Waals surface area contributed by atoms with Gasteiger partial charge in [-0.25, -0.2) is 9.59 Å². The lowest BCUT2D eigenvalue weighted by molar-refractivity contribution is -0.157. The van der Waals surface area contributed by atoms with Crippen LogP contribution in [0.1, 0.15) is 34.6 Å². The number of carbonyl (C=O) groups is 4. The summed E-state index contributed by atoms with van der Waals surface area (Å²) in [4.78, 5) is 50.5. The number of halogens is 3. The fourth-order valence-corrected chi connectivity index (χ4v) is 2.50. The molecule has 0 radical (unpaired) electrons. The highest BCUT2D eigenvalue weighted by molar-refractivity contribution is 6.67. The number of hydrogen-bond donors (Lipinski definition) is 2. The minimum atomic E-state index is -1.87. The smallest absolute Gasteiger partial charge is 0.410 e. The summed E-state index contributed by atoms with van der Waals surface area (Å²) in [5.41, 5.74) is -0.847. The van der Waals surface area contributed by atoms with Crippen LogP contribution in [-0.2, 0) is 28.6 Å². The molecule has 2 N–H and O–H groups in total. The number of hydrogen-bond acceptors (Lipinski definition) is 8. The van der Waals surface area contributed by atoms with Gasteiger partial charge in [-0.2, -0.15) is 0 Å². The standard InChI is InChI=1S/C18H29Cl3N2O8/c1-9(14(26)30-8-18(19,20)21)11(15(27)29-7)22-13(25)12(10(2)24)23(6)16(28)31-17(3,4)5/h9-12,24H,8H2,1-7H3,(H,22,25)/t9-,10-,11+,12+/m0/s1. The Bertz CT molecular complexity index is 661. The van der Waals surface area contributed by atoms with Crippen molar-refractivity contribution in [2.24, 2.45) is 5.92 Å². The highest BCUT2D eigenvalue weighted by Crippen LogP contribution is 2.26. The van der Waals surface area contributed by atoms with Crippen LogP contribution in [-0.4, -0.2) is 82.3 Å². The zero-order chi connectivity index (χ0) is 24.7. The van der Waals surface area contributed by atoms with Crippen molar-refractivity contribution in [2.75, 3.05) is 20.8 Å². The van der Waals surface area contributed by atoms with E-state index in [1.165, 1.54) is 20.9 Å². The fourth-order valence-electron chi connectivity index (χ4n) is 2.34. The van der Waals surface area contributed by atoms with Crippen molar-refractivity contribution < 1.29 is 38.5 Å². The molecule has 0 fully saturated rings. The first-order valence-corrected chi connectivity index (χ1v) is 10.3. The summed E-state index contributed by atoms with van der Waals surface area (Å²) in [6.07, 6.45) is -2.22. The van der Waals surface area contributed by atoms with Gasteiger partial charge in [0.25, 0.3) is 0 Å². The van der Waals surface area contributed by atoms with Gasteiger partial charge in [0.1, 0.15) is 24.3 Å². The number of methoxy groups -OCH3 is 1. The molecule has 13 heteroatoms. The van der Waals surface area contributed by atoms with Gasteiger partial charge in [-0.3, -0.25) is 14.5 Å². The maximum absolute atomic E-state index is 12.8. The Morgan fingerprint density at radius 1 is 1.06 bits per heavy atom. The lowest BCUT2D eigenvalue weighted by Crippen LogP contribution is -2.58. The van der Waals surface area contributed by atoms with Crippen molar-refractivity contribution in [1.29, 1.82) is 0 Å². The molecule has 2 amide bonds. The second-order valence-electron chi connectivity index (χ2n) is 7.80. The second-order valence-corrected chi connectivity index (χ2v) is 10.3. The average Bonchev–Trinajstić information content (AvgIpc) is 2.60. The molecule has 0 spiro atoms. The molecule has 0 unspecified atom stereocenters. The summed E-state index contributed by atoms with van der Waals surface area (Å²) in [6, 6.07) is -2.94. The molecular formula is C18H29Cl3N2O8. The van der Waals surface area contributed by atoms with Crippen molar-refractivity contribution in [3.05, 3.63) is 0 Å². The number of aliphatic hydroxyl groups excluding tert-OH is 1. The van der Waals surface area contributed by atoms with Gasteiger partial charge in [-0.1, -0.05) is 34.8 Å². The molecule has 0 aliphatic heterocycles. The monoisotopic (exact) mass is 506 g/mol. The predicted octanol–water partition coefficient (Wildman–Crippen LogP) is 1.81. The van der Waals surface area contributed by atoms with Crippen LogP contribution < -0.4 is 5.32 Å². The van der Waals surface area contributed by atoms with Gasteiger partial charge in [-0.05, 0) is 34.6 Å². The Labute approximate surface area is 196 Å². The molecule has 0 saturated carbocycles. The highest BCUT2D eigenvalue weighted by atomic mass is 35.6. The summed E-state index contributed by atoms with van der Waals surface area (Å²) in [6.45, 7) is 6.88. The van der Waals surface area contributed by atoms with E-state index in [2.05, 4.69) is 10.1 Å². The maximum Gasteiger partial charge on any atom is 0.410 e. The third kappa shape index (κ3) is 10.6. The Kier molecular flexibility index (Phi) is 11.4. The minimum Gasteiger partial charge on any atom is -0.467 e. The van der Waals surface area contributed by atoms with Crippen molar-refractivity contribution in [2.45, 2.75) is 62.2 Å². The number of rotatable bonds is 8. The van der Waals surface area contributed by atoms with Gasteiger partial charge in [0.2, 0.25) is 9.70 Å². The Morgan fingerprint density at radius 3 is 1.97 bits per heavy atom. The third-order valence-corrected chi connectivity index (χ3v) is 4.15. The number of alkyl halides is 3. The van der Waals surface area contributed by atoms with Gasteiger partial charge >= 0.3 is 18.0 Å². The topological polar surface area (TPSA) is 131 Å². The lowest BCUT2D eigenvalue weighted by atomic mass is 10.0. The van der Waals surface area contributed by atoms with E-state index in [1.54, 1.807) is 20.8 Å². The van der Waals surface area contributed by atoms with Gasteiger partial charge in [-0.15, -0.1) is 0 Å². The Morgan fingerprint density at radius 2 is 1.58 bits per heavy atom. The number of ether oxygens (including phenoxy) is 3. The largest absolute Gasteiger partial charge is 0.467 e. The molecule has 0 aromatic carbocycles. The Hall–Kier alpha value is -1.49. The van der Waals surface area contributed by atoms with E-state index in [0.29, 0.717) is 0 Å². The first kappa shape index (κ1) is 29.5. The molecule has 0 aromatic rings. The highest BCUT2D eigenvalue weighted by Gasteiger charge is 2.39. The number of amides is 2. The summed E-state index contributed by atoms with van der Waals surface area (Å²) in [5.74, 6) is -4.09. The van der Waals surface area contributed by atoms with Crippen molar-refractivity contribution >= 4 is 58.7 Å². The molecule has 0 bridgehead atoms. The predicted molar refractivity (Wildman–Crippen MR) is 114 cm³/mol. The van der Waals surface area contributed by atoms with Crippen LogP contribution in [0.4, 0.5) is 4.79 Å². The van der Waals surface area contributed by atoms with Crippen LogP contribution in [0, 0.1) is 5.92 Å². The molecule has 180 valence electrons.